The fraction of sp³-hybridized carbons (Fsp3) is 0.350. The van der Waals surface area contributed by atoms with Crippen LogP contribution in [0, 0.1) is 11.7 Å². The number of nitrogens with one attached hydrogen (secondary N) is 2. The fourth-order valence-corrected chi connectivity index (χ4v) is 3.85. The van der Waals surface area contributed by atoms with Gasteiger partial charge in [0.2, 0.25) is 5.91 Å². The van der Waals surface area contributed by atoms with E-state index in [4.69, 9.17) is 11.6 Å². The molecule has 1 amide bonds. The van der Waals surface area contributed by atoms with E-state index in [1.807, 2.05) is 24.3 Å². The highest BCUT2D eigenvalue weighted by atomic mass is 35.5. The first-order chi connectivity index (χ1) is 12.1. The SMILES string of the molecule is O=C(NC1(c2ccc(F)cc2)CC1)[C@@H]1CNCC1c1ccc(Cl)cc1. The van der Waals surface area contributed by atoms with Crippen LogP contribution in [0.4, 0.5) is 4.39 Å². The van der Waals surface area contributed by atoms with Crippen molar-refractivity contribution in [2.75, 3.05) is 13.1 Å². The summed E-state index contributed by atoms with van der Waals surface area (Å²) in [7, 11) is 0. The van der Waals surface area contributed by atoms with Crippen molar-refractivity contribution in [2.24, 2.45) is 5.92 Å². The van der Waals surface area contributed by atoms with Gasteiger partial charge in [-0.15, -0.1) is 0 Å². The zero-order chi connectivity index (χ0) is 17.4. The summed E-state index contributed by atoms with van der Waals surface area (Å²) in [6.45, 7) is 1.45. The van der Waals surface area contributed by atoms with Crippen LogP contribution in [0.3, 0.4) is 0 Å². The van der Waals surface area contributed by atoms with E-state index in [1.54, 1.807) is 12.1 Å². The highest BCUT2D eigenvalue weighted by Gasteiger charge is 2.47. The third-order valence-electron chi connectivity index (χ3n) is 5.36. The van der Waals surface area contributed by atoms with Gasteiger partial charge in [0, 0.05) is 24.0 Å². The summed E-state index contributed by atoms with van der Waals surface area (Å²) in [6, 6.07) is 14.2. The summed E-state index contributed by atoms with van der Waals surface area (Å²) in [6.07, 6.45) is 1.80. The predicted molar refractivity (Wildman–Crippen MR) is 96.0 cm³/mol. The smallest absolute Gasteiger partial charge is 0.225 e. The highest BCUT2D eigenvalue weighted by molar-refractivity contribution is 6.30. The Hall–Kier alpha value is -1.91. The third kappa shape index (κ3) is 3.29. The molecular weight excluding hydrogens is 339 g/mol. The van der Waals surface area contributed by atoms with E-state index >= 15 is 0 Å². The van der Waals surface area contributed by atoms with Gasteiger partial charge in [0.25, 0.3) is 0 Å². The number of hydrogen-bond acceptors (Lipinski definition) is 2. The molecule has 1 unspecified atom stereocenters. The van der Waals surface area contributed by atoms with Crippen molar-refractivity contribution in [1.29, 1.82) is 0 Å². The maximum atomic E-state index is 13.2. The Kier molecular flexibility index (Phi) is 4.26. The quantitative estimate of drug-likeness (QED) is 0.877. The van der Waals surface area contributed by atoms with Gasteiger partial charge in [0.05, 0.1) is 11.5 Å². The average molecular weight is 359 g/mol. The molecule has 4 rings (SSSR count). The minimum absolute atomic E-state index is 0.0618. The van der Waals surface area contributed by atoms with E-state index in [1.165, 1.54) is 12.1 Å². The summed E-state index contributed by atoms with van der Waals surface area (Å²) >= 11 is 5.97. The molecule has 130 valence electrons. The molecule has 2 fully saturated rings. The van der Waals surface area contributed by atoms with Crippen LogP contribution in [-0.2, 0) is 10.3 Å². The normalized spacial score (nSPS) is 24.1. The van der Waals surface area contributed by atoms with E-state index in [9.17, 15) is 9.18 Å². The van der Waals surface area contributed by atoms with Crippen molar-refractivity contribution in [3.05, 3.63) is 70.5 Å². The Morgan fingerprint density at radius 2 is 1.76 bits per heavy atom. The van der Waals surface area contributed by atoms with Gasteiger partial charge in [0.1, 0.15) is 5.82 Å². The molecule has 2 N–H and O–H groups in total. The molecular formula is C20H20ClFN2O. The molecule has 1 aliphatic carbocycles. The standard InChI is InChI=1S/C20H20ClFN2O/c21-15-5-1-13(2-6-15)17-11-23-12-18(17)19(25)24-20(9-10-20)14-3-7-16(22)8-4-14/h1-8,17-18,23H,9-12H2,(H,24,25)/t17?,18-/m1/s1. The van der Waals surface area contributed by atoms with Crippen LogP contribution >= 0.6 is 11.6 Å². The Balaban J connectivity index is 1.50. The van der Waals surface area contributed by atoms with Crippen LogP contribution in [0.2, 0.25) is 5.02 Å². The molecule has 1 saturated heterocycles. The highest BCUT2D eigenvalue weighted by Crippen LogP contribution is 2.46. The number of hydrogen-bond donors (Lipinski definition) is 2. The number of carbonyl (C=O) groups excluding carboxylic acids is 1. The van der Waals surface area contributed by atoms with Gasteiger partial charge in [-0.1, -0.05) is 35.9 Å². The van der Waals surface area contributed by atoms with Gasteiger partial charge in [0.15, 0.2) is 0 Å². The van der Waals surface area contributed by atoms with Crippen LogP contribution in [0.25, 0.3) is 0 Å². The number of carbonyl (C=O) groups is 1. The van der Waals surface area contributed by atoms with Crippen LogP contribution in [0.15, 0.2) is 48.5 Å². The molecule has 3 nitrogen and oxygen atoms in total. The minimum atomic E-state index is -0.322. The lowest BCUT2D eigenvalue weighted by atomic mass is 9.88. The van der Waals surface area contributed by atoms with Crippen LogP contribution in [0.1, 0.15) is 29.9 Å². The van der Waals surface area contributed by atoms with Crippen LogP contribution in [-0.4, -0.2) is 19.0 Å². The molecule has 25 heavy (non-hydrogen) atoms. The van der Waals surface area contributed by atoms with Gasteiger partial charge in [-0.05, 0) is 48.2 Å². The molecule has 5 heteroatoms. The molecule has 2 atom stereocenters. The van der Waals surface area contributed by atoms with Crippen molar-refractivity contribution < 1.29 is 9.18 Å². The largest absolute Gasteiger partial charge is 0.346 e. The monoisotopic (exact) mass is 358 g/mol. The summed E-state index contributed by atoms with van der Waals surface area (Å²) in [5.74, 6) is -0.166. The summed E-state index contributed by atoms with van der Waals surface area (Å²) in [4.78, 5) is 12.9. The van der Waals surface area contributed by atoms with E-state index in [2.05, 4.69) is 10.6 Å². The van der Waals surface area contributed by atoms with Gasteiger partial charge >= 0.3 is 0 Å². The topological polar surface area (TPSA) is 41.1 Å². The molecule has 1 heterocycles. The molecule has 1 saturated carbocycles. The molecule has 0 aromatic heterocycles. The summed E-state index contributed by atoms with van der Waals surface area (Å²) in [5.41, 5.74) is 1.79. The molecule has 0 spiro atoms. The van der Waals surface area contributed by atoms with Crippen molar-refractivity contribution >= 4 is 17.5 Å². The lowest BCUT2D eigenvalue weighted by Crippen LogP contribution is -2.41. The number of halogens is 2. The zero-order valence-corrected chi connectivity index (χ0v) is 14.5. The zero-order valence-electron chi connectivity index (χ0n) is 13.8. The molecule has 1 aliphatic heterocycles. The maximum absolute atomic E-state index is 13.2. The van der Waals surface area contributed by atoms with Crippen molar-refractivity contribution in [1.82, 2.24) is 10.6 Å². The summed E-state index contributed by atoms with van der Waals surface area (Å²) < 4.78 is 13.2. The van der Waals surface area contributed by atoms with Gasteiger partial charge in [-0.3, -0.25) is 4.79 Å². The molecule has 0 bridgehead atoms. The van der Waals surface area contributed by atoms with Gasteiger partial charge in [-0.25, -0.2) is 4.39 Å². The lowest BCUT2D eigenvalue weighted by molar-refractivity contribution is -0.125. The minimum Gasteiger partial charge on any atom is -0.346 e. The van der Waals surface area contributed by atoms with Crippen molar-refractivity contribution in [3.8, 4) is 0 Å². The van der Waals surface area contributed by atoms with Crippen LogP contribution < -0.4 is 10.6 Å². The first-order valence-corrected chi connectivity index (χ1v) is 8.99. The lowest BCUT2D eigenvalue weighted by Gasteiger charge is -2.24. The van der Waals surface area contributed by atoms with E-state index in [0.717, 1.165) is 30.5 Å². The Morgan fingerprint density at radius 1 is 1.08 bits per heavy atom. The van der Waals surface area contributed by atoms with E-state index < -0.39 is 0 Å². The van der Waals surface area contributed by atoms with Crippen LogP contribution in [0.5, 0.6) is 0 Å². The molecule has 2 aromatic carbocycles. The predicted octanol–water partition coefficient (Wildman–Crippen LogP) is 3.59. The van der Waals surface area contributed by atoms with Gasteiger partial charge in [-0.2, -0.15) is 0 Å². The second-order valence-corrected chi connectivity index (χ2v) is 7.44. The Morgan fingerprint density at radius 3 is 2.40 bits per heavy atom. The first-order valence-electron chi connectivity index (χ1n) is 8.62. The number of benzene rings is 2. The van der Waals surface area contributed by atoms with E-state index in [-0.39, 0.29) is 29.1 Å². The van der Waals surface area contributed by atoms with Gasteiger partial charge < -0.3 is 10.6 Å². The number of amides is 1. The van der Waals surface area contributed by atoms with Crippen molar-refractivity contribution in [2.45, 2.75) is 24.3 Å². The Labute approximate surface area is 151 Å². The third-order valence-corrected chi connectivity index (χ3v) is 5.61. The second-order valence-electron chi connectivity index (χ2n) is 7.00. The Bertz CT molecular complexity index is 771. The van der Waals surface area contributed by atoms with E-state index in [0.29, 0.717) is 11.6 Å². The van der Waals surface area contributed by atoms with Crippen molar-refractivity contribution in [3.63, 3.8) is 0 Å². The molecule has 0 radical (unpaired) electrons. The molecule has 2 aliphatic rings. The average Bonchev–Trinajstić information content (AvgIpc) is 3.21. The second kappa shape index (κ2) is 6.43. The molecule has 2 aromatic rings. The maximum Gasteiger partial charge on any atom is 0.225 e. The first kappa shape index (κ1) is 16.6. The summed E-state index contributed by atoms with van der Waals surface area (Å²) in [5, 5.41) is 7.25. The number of rotatable bonds is 4. The fourth-order valence-electron chi connectivity index (χ4n) is 3.72.